The molecule has 0 aromatic heterocycles. The monoisotopic (exact) mass is 740 g/mol. The first kappa shape index (κ1) is 37.5. The van der Waals surface area contributed by atoms with Gasteiger partial charge in [-0.25, -0.2) is 0 Å². The molecule has 4 aromatic carbocycles. The van der Waals surface area contributed by atoms with Crippen LogP contribution in [0.4, 0.5) is 0 Å². The molecule has 4 aromatic rings. The van der Waals surface area contributed by atoms with Crippen LogP contribution in [0.1, 0.15) is 73.3 Å². The highest BCUT2D eigenvalue weighted by Crippen LogP contribution is 2.54. The van der Waals surface area contributed by atoms with Crippen LogP contribution in [0.3, 0.4) is 0 Å². The summed E-state index contributed by atoms with van der Waals surface area (Å²) in [6.07, 6.45) is 0.515. The molecule has 3 atom stereocenters. The number of esters is 4. The normalized spacial score (nSPS) is 17.0. The Kier molecular flexibility index (Phi) is 11.0. The maximum Gasteiger partial charge on any atom is 0.308 e. The number of ether oxygens (including phenoxy) is 9. The second-order valence-corrected chi connectivity index (χ2v) is 12.8. The summed E-state index contributed by atoms with van der Waals surface area (Å²) in [7, 11) is 4.52. The first-order valence-electron chi connectivity index (χ1n) is 17.1. The largest absolute Gasteiger partial charge is 0.496 e. The Morgan fingerprint density at radius 2 is 1.06 bits per heavy atom. The van der Waals surface area contributed by atoms with Gasteiger partial charge in [0.05, 0.1) is 34.5 Å². The number of hydrogen-bond acceptors (Lipinski definition) is 13. The number of methoxy groups -OCH3 is 3. The Bertz CT molecular complexity index is 2120. The molecule has 0 spiro atoms. The van der Waals surface area contributed by atoms with Crippen molar-refractivity contribution in [3.05, 3.63) is 88.5 Å². The summed E-state index contributed by atoms with van der Waals surface area (Å²) < 4.78 is 52.0. The molecule has 2 aliphatic rings. The van der Waals surface area contributed by atoms with Crippen molar-refractivity contribution < 1.29 is 61.8 Å². The third-order valence-electron chi connectivity index (χ3n) is 9.17. The van der Waals surface area contributed by atoms with Gasteiger partial charge in [-0.2, -0.15) is 0 Å². The van der Waals surface area contributed by atoms with Crippen molar-refractivity contribution in [2.45, 2.75) is 51.9 Å². The fourth-order valence-electron chi connectivity index (χ4n) is 7.04. The summed E-state index contributed by atoms with van der Waals surface area (Å²) in [5.74, 6) is 0.162. The van der Waals surface area contributed by atoms with E-state index in [1.807, 2.05) is 18.2 Å². The van der Waals surface area contributed by atoms with Crippen molar-refractivity contribution in [1.29, 1.82) is 0 Å². The number of carbonyl (C=O) groups is 4. The van der Waals surface area contributed by atoms with E-state index >= 15 is 0 Å². The highest BCUT2D eigenvalue weighted by molar-refractivity contribution is 5.73. The van der Waals surface area contributed by atoms with Gasteiger partial charge < -0.3 is 42.6 Å². The molecule has 2 heterocycles. The molecule has 54 heavy (non-hydrogen) atoms. The van der Waals surface area contributed by atoms with E-state index in [2.05, 4.69) is 0 Å². The smallest absolute Gasteiger partial charge is 0.308 e. The average molecular weight is 741 g/mol. The molecule has 0 bridgehead atoms. The predicted molar refractivity (Wildman–Crippen MR) is 193 cm³/mol. The molecule has 2 aliphatic heterocycles. The molecule has 0 aliphatic carbocycles. The van der Waals surface area contributed by atoms with Gasteiger partial charge in [0.15, 0.2) is 11.5 Å². The Balaban J connectivity index is 1.55. The van der Waals surface area contributed by atoms with E-state index in [9.17, 15) is 19.2 Å². The van der Waals surface area contributed by atoms with E-state index < -0.39 is 35.7 Å². The Morgan fingerprint density at radius 1 is 0.519 bits per heavy atom. The fourth-order valence-corrected chi connectivity index (χ4v) is 7.04. The fraction of sp³-hybridized carbons (Fsp3) is 0.317. The lowest BCUT2D eigenvalue weighted by molar-refractivity contribution is -0.132. The molecule has 0 fully saturated rings. The lowest BCUT2D eigenvalue weighted by Crippen LogP contribution is -2.27. The third kappa shape index (κ3) is 7.89. The first-order valence-corrected chi connectivity index (χ1v) is 17.1. The Morgan fingerprint density at radius 3 is 1.67 bits per heavy atom. The van der Waals surface area contributed by atoms with E-state index in [0.717, 1.165) is 11.1 Å². The van der Waals surface area contributed by atoms with Crippen LogP contribution in [-0.2, 0) is 25.6 Å². The summed E-state index contributed by atoms with van der Waals surface area (Å²) in [5, 5.41) is 0. The van der Waals surface area contributed by atoms with Gasteiger partial charge in [-0.3, -0.25) is 19.2 Å². The van der Waals surface area contributed by atoms with Crippen LogP contribution in [0, 0.1) is 0 Å². The number of hydrogen-bond donors (Lipinski definition) is 0. The van der Waals surface area contributed by atoms with Crippen molar-refractivity contribution in [2.24, 2.45) is 0 Å². The maximum atomic E-state index is 12.5. The molecule has 13 heteroatoms. The number of rotatable bonds is 10. The zero-order valence-electron chi connectivity index (χ0n) is 30.9. The van der Waals surface area contributed by atoms with Crippen LogP contribution in [0.25, 0.3) is 0 Å². The lowest BCUT2D eigenvalue weighted by Gasteiger charge is -2.36. The van der Waals surface area contributed by atoms with Crippen molar-refractivity contribution in [3.8, 4) is 51.7 Å². The third-order valence-corrected chi connectivity index (χ3v) is 9.17. The molecule has 0 unspecified atom stereocenters. The summed E-state index contributed by atoms with van der Waals surface area (Å²) in [5.41, 5.74) is 3.58. The van der Waals surface area contributed by atoms with Crippen LogP contribution < -0.4 is 42.6 Å². The SMILES string of the molecule is COc1cc(OC(C)=O)c([C@@H]2COc3cc(OC(C)=O)ccc3[C@H]2c2cc([C@@H]3COc4cc(OC(C)=O)ccc4C3)c(OC(C)=O)cc2OC)cc1OC. The van der Waals surface area contributed by atoms with Gasteiger partial charge in [0, 0.05) is 92.0 Å². The molecule has 0 radical (unpaired) electrons. The summed E-state index contributed by atoms with van der Waals surface area (Å²) in [4.78, 5) is 48.3. The molecule has 6 rings (SSSR count). The van der Waals surface area contributed by atoms with Gasteiger partial charge >= 0.3 is 23.9 Å². The maximum absolute atomic E-state index is 12.5. The van der Waals surface area contributed by atoms with Gasteiger partial charge in [-0.05, 0) is 36.2 Å². The standard InChI is InChI=1S/C41H40O13/c1-21(42)51-27-9-8-25-12-26(19-49-34(25)13-27)30-15-32(35(46-5)17-37(30)53-23(3)44)41-29-11-10-28(52-22(2)43)14-36(29)50-20-33(41)31-16-39(47-6)40(48-7)18-38(31)54-24(4)45/h8-11,13-18,26,33,41H,12,19-20H2,1-7H3/t26-,33-,41-/m0/s1. The van der Waals surface area contributed by atoms with E-state index in [1.54, 1.807) is 42.5 Å². The number of fused-ring (bicyclic) bond motifs is 2. The van der Waals surface area contributed by atoms with Crippen molar-refractivity contribution >= 4 is 23.9 Å². The average Bonchev–Trinajstić information content (AvgIpc) is 3.13. The summed E-state index contributed by atoms with van der Waals surface area (Å²) >= 11 is 0. The van der Waals surface area contributed by atoms with E-state index in [-0.39, 0.29) is 24.9 Å². The van der Waals surface area contributed by atoms with E-state index in [1.165, 1.54) is 49.0 Å². The van der Waals surface area contributed by atoms with Gasteiger partial charge in [0.25, 0.3) is 0 Å². The van der Waals surface area contributed by atoms with Gasteiger partial charge in [0.2, 0.25) is 0 Å². The van der Waals surface area contributed by atoms with Gasteiger partial charge in [-0.1, -0.05) is 12.1 Å². The Labute approximate surface area is 311 Å². The molecular weight excluding hydrogens is 700 g/mol. The van der Waals surface area contributed by atoms with Crippen LogP contribution in [0.5, 0.6) is 51.7 Å². The summed E-state index contributed by atoms with van der Waals surface area (Å²) in [6.45, 7) is 5.60. The van der Waals surface area contributed by atoms with Gasteiger partial charge in [-0.15, -0.1) is 0 Å². The minimum Gasteiger partial charge on any atom is -0.496 e. The van der Waals surface area contributed by atoms with Crippen molar-refractivity contribution in [1.82, 2.24) is 0 Å². The molecular formula is C41H40O13. The van der Waals surface area contributed by atoms with Crippen LogP contribution in [0.2, 0.25) is 0 Å². The number of carbonyl (C=O) groups excluding carboxylic acids is 4. The zero-order chi connectivity index (χ0) is 38.7. The molecule has 0 N–H and O–H groups in total. The van der Waals surface area contributed by atoms with Gasteiger partial charge in [0.1, 0.15) is 40.2 Å². The predicted octanol–water partition coefficient (Wildman–Crippen LogP) is 6.44. The minimum atomic E-state index is -0.536. The molecule has 0 saturated carbocycles. The Hall–Kier alpha value is -6.24. The van der Waals surface area contributed by atoms with Crippen LogP contribution in [-0.4, -0.2) is 58.4 Å². The van der Waals surface area contributed by atoms with Crippen LogP contribution in [0.15, 0.2) is 60.7 Å². The molecule has 0 amide bonds. The summed E-state index contributed by atoms with van der Waals surface area (Å²) in [6, 6.07) is 17.4. The van der Waals surface area contributed by atoms with Crippen molar-refractivity contribution in [3.63, 3.8) is 0 Å². The second-order valence-electron chi connectivity index (χ2n) is 12.8. The zero-order valence-corrected chi connectivity index (χ0v) is 30.9. The van der Waals surface area contributed by atoms with E-state index in [4.69, 9.17) is 42.6 Å². The van der Waals surface area contributed by atoms with Crippen LogP contribution >= 0.6 is 0 Å². The van der Waals surface area contributed by atoms with Crippen molar-refractivity contribution in [2.75, 3.05) is 34.5 Å². The first-order chi connectivity index (χ1) is 25.9. The topological polar surface area (TPSA) is 151 Å². The molecule has 13 nitrogen and oxygen atoms in total. The second kappa shape index (κ2) is 15.8. The minimum absolute atomic E-state index is 0.0969. The molecule has 0 saturated heterocycles. The lowest BCUT2D eigenvalue weighted by atomic mass is 9.74. The quantitative estimate of drug-likeness (QED) is 0.130. The van der Waals surface area contributed by atoms with E-state index in [0.29, 0.717) is 69.1 Å². The molecule has 282 valence electrons. The highest BCUT2D eigenvalue weighted by Gasteiger charge is 2.39. The highest BCUT2D eigenvalue weighted by atomic mass is 16.6. The number of benzene rings is 4.